The van der Waals surface area contributed by atoms with Gasteiger partial charge in [-0.1, -0.05) is 19.3 Å². The van der Waals surface area contributed by atoms with E-state index in [4.69, 9.17) is 20.0 Å². The molecule has 0 bridgehead atoms. The molecule has 0 aliphatic heterocycles. The van der Waals surface area contributed by atoms with Crippen LogP contribution in [0.25, 0.3) is 0 Å². The van der Waals surface area contributed by atoms with Crippen LogP contribution in [0.4, 0.5) is 0 Å². The predicted octanol–water partition coefficient (Wildman–Crippen LogP) is -0.0763. The minimum absolute atomic E-state index is 0.536. The van der Waals surface area contributed by atoms with Crippen LogP contribution in [0.15, 0.2) is 0 Å². The Balaban J connectivity index is 0.000000217. The van der Waals surface area contributed by atoms with Crippen molar-refractivity contribution in [3.8, 4) is 0 Å². The van der Waals surface area contributed by atoms with Crippen LogP contribution in [0.3, 0.4) is 0 Å². The summed E-state index contributed by atoms with van der Waals surface area (Å²) in [6.45, 7) is 0. The van der Waals surface area contributed by atoms with Crippen molar-refractivity contribution in [1.82, 2.24) is 0 Å². The number of rotatable bonds is 0. The second-order valence-corrected chi connectivity index (χ2v) is 5.05. The second-order valence-electron chi connectivity index (χ2n) is 2.85. The standard InChI is InChI=1S/C6H13N.Mo.2H2O.2O/c7-6-4-2-1-3-5-6;;;;;/h6H,1-5,7H2;;2*1H2;;/q;+2;;;;/p-2. The molecule has 6 heteroatoms. The molecule has 74 valence electrons. The van der Waals surface area contributed by atoms with Gasteiger partial charge in [0.1, 0.15) is 0 Å². The van der Waals surface area contributed by atoms with Gasteiger partial charge in [0.2, 0.25) is 0 Å². The van der Waals surface area contributed by atoms with E-state index in [0.717, 1.165) is 0 Å². The van der Waals surface area contributed by atoms with E-state index in [2.05, 4.69) is 0 Å². The van der Waals surface area contributed by atoms with Gasteiger partial charge in [-0.3, -0.25) is 0 Å². The third-order valence-electron chi connectivity index (χ3n) is 1.65. The van der Waals surface area contributed by atoms with Crippen molar-refractivity contribution in [2.75, 3.05) is 0 Å². The van der Waals surface area contributed by atoms with E-state index in [9.17, 15) is 0 Å². The van der Waals surface area contributed by atoms with E-state index < -0.39 is 16.7 Å². The van der Waals surface area contributed by atoms with Gasteiger partial charge in [-0.25, -0.2) is 0 Å². The Morgan fingerprint density at radius 1 is 1.08 bits per heavy atom. The molecule has 4 N–H and O–H groups in total. The van der Waals surface area contributed by atoms with Crippen molar-refractivity contribution in [3.05, 3.63) is 0 Å². The van der Waals surface area contributed by atoms with Crippen LogP contribution in [-0.4, -0.2) is 13.6 Å². The summed E-state index contributed by atoms with van der Waals surface area (Å²) < 4.78 is 32.0. The van der Waals surface area contributed by atoms with Gasteiger partial charge in [0.15, 0.2) is 0 Å². The zero-order valence-corrected chi connectivity index (χ0v) is 8.82. The summed E-state index contributed by atoms with van der Waals surface area (Å²) in [7, 11) is 0. The Labute approximate surface area is 75.3 Å². The molecule has 12 heavy (non-hydrogen) atoms. The maximum atomic E-state index is 8.85. The topological polar surface area (TPSA) is 101 Å². The SMILES string of the molecule is NC1CCCCC1.[O]=[Mo](=[O])([OH])[OH]. The van der Waals surface area contributed by atoms with Gasteiger partial charge < -0.3 is 5.73 Å². The average molecular weight is 261 g/mol. The molecule has 0 atom stereocenters. The summed E-state index contributed by atoms with van der Waals surface area (Å²) in [6, 6.07) is 0.536. The summed E-state index contributed by atoms with van der Waals surface area (Å²) in [5.41, 5.74) is 5.63. The fourth-order valence-electron chi connectivity index (χ4n) is 1.13. The van der Waals surface area contributed by atoms with E-state index in [-0.39, 0.29) is 0 Å². The molecular formula is C6H15MoNO4. The molecule has 0 aromatic carbocycles. The molecule has 1 rings (SSSR count). The zero-order valence-electron chi connectivity index (χ0n) is 6.81. The first-order chi connectivity index (χ1) is 5.39. The van der Waals surface area contributed by atoms with Gasteiger partial charge in [0, 0.05) is 6.04 Å². The van der Waals surface area contributed by atoms with Crippen LogP contribution in [0.5, 0.6) is 0 Å². The normalized spacial score (nSPS) is 19.6. The van der Waals surface area contributed by atoms with E-state index in [0.29, 0.717) is 6.04 Å². The van der Waals surface area contributed by atoms with Crippen molar-refractivity contribution in [2.45, 2.75) is 38.1 Å². The molecule has 1 aliphatic rings. The summed E-state index contributed by atoms with van der Waals surface area (Å²) in [5.74, 6) is 0. The Morgan fingerprint density at radius 2 is 1.42 bits per heavy atom. The summed E-state index contributed by atoms with van der Waals surface area (Å²) in [6.07, 6.45) is 6.66. The third kappa shape index (κ3) is 12.8. The first-order valence-corrected chi connectivity index (χ1v) is 7.28. The zero-order chi connectivity index (χ0) is 9.61. The summed E-state index contributed by atoms with van der Waals surface area (Å²) in [4.78, 5) is 0. The van der Waals surface area contributed by atoms with Gasteiger partial charge in [0.25, 0.3) is 0 Å². The molecule has 0 heterocycles. The van der Waals surface area contributed by atoms with Crippen molar-refractivity contribution in [1.29, 1.82) is 0 Å². The van der Waals surface area contributed by atoms with Crippen molar-refractivity contribution in [3.63, 3.8) is 0 Å². The van der Waals surface area contributed by atoms with Crippen LogP contribution >= 0.6 is 0 Å². The molecule has 0 radical (unpaired) electrons. The average Bonchev–Trinajstić information content (AvgIpc) is 1.85. The number of nitrogens with two attached hydrogens (primary N) is 1. The Morgan fingerprint density at radius 3 is 1.58 bits per heavy atom. The summed E-state index contributed by atoms with van der Waals surface area (Å²) in [5, 5.41) is 0. The van der Waals surface area contributed by atoms with Crippen LogP contribution in [0.2, 0.25) is 0 Å². The predicted molar refractivity (Wildman–Crippen MR) is 36.9 cm³/mol. The minimum atomic E-state index is -5.52. The number of hydrogen-bond donors (Lipinski definition) is 3. The van der Waals surface area contributed by atoms with Gasteiger partial charge >= 0.3 is 31.1 Å². The maximum absolute atomic E-state index is 8.85. The van der Waals surface area contributed by atoms with Crippen LogP contribution < -0.4 is 5.73 Å². The Bertz CT molecular complexity index is 188. The Hall–Kier alpha value is 0.168. The summed E-state index contributed by atoms with van der Waals surface area (Å²) >= 11 is -5.52. The van der Waals surface area contributed by atoms with Gasteiger partial charge in [0.05, 0.1) is 0 Å². The Kier molecular flexibility index (Phi) is 5.83. The van der Waals surface area contributed by atoms with Crippen LogP contribution in [0.1, 0.15) is 32.1 Å². The molecular weight excluding hydrogens is 246 g/mol. The van der Waals surface area contributed by atoms with E-state index in [1.54, 1.807) is 0 Å². The molecule has 0 unspecified atom stereocenters. The molecule has 0 amide bonds. The molecule has 1 fully saturated rings. The number of hydrogen-bond acceptors (Lipinski definition) is 3. The first-order valence-electron chi connectivity index (χ1n) is 3.85. The molecule has 0 saturated heterocycles. The quantitative estimate of drug-likeness (QED) is 0.530. The van der Waals surface area contributed by atoms with Gasteiger partial charge in [-0.05, 0) is 12.8 Å². The fourth-order valence-corrected chi connectivity index (χ4v) is 1.13. The van der Waals surface area contributed by atoms with E-state index in [1.165, 1.54) is 32.1 Å². The van der Waals surface area contributed by atoms with Gasteiger partial charge in [-0.2, -0.15) is 0 Å². The van der Waals surface area contributed by atoms with Crippen molar-refractivity contribution >= 4 is 0 Å². The molecule has 0 spiro atoms. The van der Waals surface area contributed by atoms with E-state index >= 15 is 0 Å². The molecule has 1 aliphatic carbocycles. The molecule has 1 saturated carbocycles. The monoisotopic (exact) mass is 263 g/mol. The second kappa shape index (κ2) is 5.75. The third-order valence-corrected chi connectivity index (χ3v) is 1.65. The molecule has 5 nitrogen and oxygen atoms in total. The van der Waals surface area contributed by atoms with Gasteiger partial charge in [-0.15, -0.1) is 0 Å². The van der Waals surface area contributed by atoms with Crippen LogP contribution in [0, 0.1) is 0 Å². The molecule has 0 aromatic rings. The van der Waals surface area contributed by atoms with Crippen molar-refractivity contribution in [2.24, 2.45) is 5.73 Å². The fraction of sp³-hybridized carbons (Fsp3) is 1.00. The van der Waals surface area contributed by atoms with E-state index in [1.807, 2.05) is 0 Å². The van der Waals surface area contributed by atoms with Crippen LogP contribution in [-0.2, 0) is 23.5 Å². The molecule has 0 aromatic heterocycles. The van der Waals surface area contributed by atoms with Crippen molar-refractivity contribution < 1.29 is 31.1 Å². The first kappa shape index (κ1) is 12.2.